The SMILES string of the molecule is O=c1oc2ccccc2c2c1C(c1c(F)cccc1Cl)c1c(c3ccccc3oc1=O)O2. The van der Waals surface area contributed by atoms with Gasteiger partial charge in [-0.25, -0.2) is 14.0 Å². The van der Waals surface area contributed by atoms with Crippen molar-refractivity contribution in [2.75, 3.05) is 0 Å². The first-order valence-corrected chi connectivity index (χ1v) is 10.2. The lowest BCUT2D eigenvalue weighted by Gasteiger charge is -2.28. The monoisotopic (exact) mass is 446 g/mol. The molecule has 5 aromatic rings. The lowest BCUT2D eigenvalue weighted by atomic mass is 9.82. The third kappa shape index (κ3) is 2.56. The summed E-state index contributed by atoms with van der Waals surface area (Å²) in [5.74, 6) is -1.44. The highest BCUT2D eigenvalue weighted by atomic mass is 35.5. The Morgan fingerprint density at radius 1 is 0.688 bits per heavy atom. The maximum atomic E-state index is 15.1. The van der Waals surface area contributed by atoms with Gasteiger partial charge in [-0.05, 0) is 36.4 Å². The first kappa shape index (κ1) is 18.8. The maximum absolute atomic E-state index is 15.1. The summed E-state index contributed by atoms with van der Waals surface area (Å²) < 4.78 is 32.3. The molecule has 32 heavy (non-hydrogen) atoms. The molecule has 7 heteroatoms. The van der Waals surface area contributed by atoms with Crippen LogP contribution in [0, 0.1) is 5.82 Å². The van der Waals surface area contributed by atoms with E-state index in [2.05, 4.69) is 0 Å². The summed E-state index contributed by atoms with van der Waals surface area (Å²) >= 11 is 6.39. The van der Waals surface area contributed by atoms with Gasteiger partial charge in [-0.2, -0.15) is 0 Å². The average molecular weight is 447 g/mol. The van der Waals surface area contributed by atoms with Gasteiger partial charge in [0.05, 0.1) is 27.8 Å². The predicted molar refractivity (Wildman–Crippen MR) is 117 cm³/mol. The maximum Gasteiger partial charge on any atom is 0.344 e. The fourth-order valence-electron chi connectivity index (χ4n) is 4.31. The molecule has 0 N–H and O–H groups in total. The van der Waals surface area contributed by atoms with Crippen molar-refractivity contribution in [3.63, 3.8) is 0 Å². The minimum absolute atomic E-state index is 0.00854. The predicted octanol–water partition coefficient (Wildman–Crippen LogP) is 5.98. The third-order valence-electron chi connectivity index (χ3n) is 5.67. The smallest absolute Gasteiger partial charge is 0.344 e. The van der Waals surface area contributed by atoms with Crippen molar-refractivity contribution in [1.29, 1.82) is 0 Å². The Hall–Kier alpha value is -3.90. The molecule has 0 bridgehead atoms. The summed E-state index contributed by atoms with van der Waals surface area (Å²) in [5, 5.41) is 1.10. The van der Waals surface area contributed by atoms with E-state index in [4.69, 9.17) is 25.2 Å². The van der Waals surface area contributed by atoms with Crippen molar-refractivity contribution in [2.45, 2.75) is 5.92 Å². The van der Waals surface area contributed by atoms with Crippen molar-refractivity contribution in [3.8, 4) is 11.5 Å². The highest BCUT2D eigenvalue weighted by molar-refractivity contribution is 6.31. The fraction of sp³-hybridized carbons (Fsp3) is 0.0400. The van der Waals surface area contributed by atoms with Crippen molar-refractivity contribution in [3.05, 3.63) is 115 Å². The molecule has 3 heterocycles. The summed E-state index contributed by atoms with van der Waals surface area (Å²) in [7, 11) is 0. The van der Waals surface area contributed by atoms with E-state index in [1.165, 1.54) is 18.2 Å². The van der Waals surface area contributed by atoms with Crippen molar-refractivity contribution >= 4 is 33.5 Å². The van der Waals surface area contributed by atoms with Crippen LogP contribution in [0.1, 0.15) is 22.6 Å². The van der Waals surface area contributed by atoms with Gasteiger partial charge in [0, 0.05) is 10.6 Å². The second kappa shape index (κ2) is 6.80. The third-order valence-corrected chi connectivity index (χ3v) is 6.00. The Kier molecular flexibility index (Phi) is 4.00. The first-order valence-electron chi connectivity index (χ1n) is 9.78. The molecule has 0 unspecified atom stereocenters. The number of hydrogen-bond donors (Lipinski definition) is 0. The summed E-state index contributed by atoms with van der Waals surface area (Å²) in [6.07, 6.45) is 0. The van der Waals surface area contributed by atoms with Gasteiger partial charge in [-0.15, -0.1) is 0 Å². The molecule has 1 aliphatic heterocycles. The molecule has 2 aromatic heterocycles. The number of halogens is 2. The number of para-hydroxylation sites is 2. The van der Waals surface area contributed by atoms with Crippen LogP contribution in [0.5, 0.6) is 11.5 Å². The van der Waals surface area contributed by atoms with E-state index in [-0.39, 0.29) is 33.2 Å². The zero-order chi connectivity index (χ0) is 22.0. The Morgan fingerprint density at radius 3 is 1.75 bits per heavy atom. The highest BCUT2D eigenvalue weighted by Gasteiger charge is 2.40. The lowest BCUT2D eigenvalue weighted by Crippen LogP contribution is -2.26. The van der Waals surface area contributed by atoms with Crippen LogP contribution in [-0.2, 0) is 0 Å². The molecule has 0 radical (unpaired) electrons. The van der Waals surface area contributed by atoms with Gasteiger partial charge in [0.1, 0.15) is 28.5 Å². The zero-order valence-electron chi connectivity index (χ0n) is 16.2. The Labute approximate surface area is 184 Å². The van der Waals surface area contributed by atoms with E-state index in [1.807, 2.05) is 0 Å². The molecular weight excluding hydrogens is 435 g/mol. The minimum atomic E-state index is -1.18. The van der Waals surface area contributed by atoms with E-state index in [9.17, 15) is 9.59 Å². The van der Waals surface area contributed by atoms with Gasteiger partial charge < -0.3 is 13.6 Å². The number of ether oxygens (including phenoxy) is 1. The number of fused-ring (bicyclic) bond motifs is 6. The standard InChI is InChI=1S/C25H12ClFO5/c26-14-8-5-9-15(27)18(14)19-20-22(12-6-1-3-10-16(12)30-24(20)28)32-23-13-7-2-4-11-17(13)31-25(29)21(19)23/h1-11,19H. The molecule has 5 nitrogen and oxygen atoms in total. The van der Waals surface area contributed by atoms with Crippen molar-refractivity contribution < 1.29 is 18.0 Å². The highest BCUT2D eigenvalue weighted by Crippen LogP contribution is 2.50. The molecule has 0 fully saturated rings. The van der Waals surface area contributed by atoms with E-state index in [0.29, 0.717) is 21.9 Å². The molecule has 156 valence electrons. The van der Waals surface area contributed by atoms with Crippen LogP contribution in [0.15, 0.2) is 85.2 Å². The van der Waals surface area contributed by atoms with Crippen LogP contribution in [0.2, 0.25) is 5.02 Å². The lowest BCUT2D eigenvalue weighted by molar-refractivity contribution is 0.426. The fourth-order valence-corrected chi connectivity index (χ4v) is 4.58. The molecule has 6 rings (SSSR count). The normalized spacial score (nSPS) is 13.1. The average Bonchev–Trinajstić information content (AvgIpc) is 2.78. The van der Waals surface area contributed by atoms with Crippen LogP contribution in [0.3, 0.4) is 0 Å². The second-order valence-electron chi connectivity index (χ2n) is 7.43. The molecule has 0 amide bonds. The van der Waals surface area contributed by atoms with Gasteiger partial charge in [-0.3, -0.25) is 0 Å². The number of hydrogen-bond acceptors (Lipinski definition) is 5. The molecule has 0 aliphatic carbocycles. The van der Waals surface area contributed by atoms with Crippen LogP contribution < -0.4 is 16.0 Å². The topological polar surface area (TPSA) is 69.7 Å². The van der Waals surface area contributed by atoms with Crippen molar-refractivity contribution in [1.82, 2.24) is 0 Å². The first-order chi connectivity index (χ1) is 15.5. The van der Waals surface area contributed by atoms with Gasteiger partial charge >= 0.3 is 11.3 Å². The van der Waals surface area contributed by atoms with E-state index >= 15 is 4.39 Å². The van der Waals surface area contributed by atoms with Gasteiger partial charge in [0.25, 0.3) is 0 Å². The molecule has 0 atom stereocenters. The summed E-state index contributed by atoms with van der Waals surface area (Å²) in [4.78, 5) is 26.2. The summed E-state index contributed by atoms with van der Waals surface area (Å²) in [6, 6.07) is 17.9. The van der Waals surface area contributed by atoms with Gasteiger partial charge in [0.15, 0.2) is 0 Å². The molecular formula is C25H12ClFO5. The molecule has 0 saturated carbocycles. The van der Waals surface area contributed by atoms with Gasteiger partial charge in [0.2, 0.25) is 0 Å². The summed E-state index contributed by atoms with van der Waals surface area (Å²) in [5.41, 5.74) is -0.917. The van der Waals surface area contributed by atoms with Gasteiger partial charge in [-0.1, -0.05) is 41.9 Å². The Bertz CT molecular complexity index is 1570. The van der Waals surface area contributed by atoms with Crippen LogP contribution in [0.4, 0.5) is 4.39 Å². The zero-order valence-corrected chi connectivity index (χ0v) is 17.0. The molecule has 0 saturated heterocycles. The van der Waals surface area contributed by atoms with Crippen LogP contribution >= 0.6 is 11.6 Å². The molecule has 3 aromatic carbocycles. The Balaban J connectivity index is 1.83. The molecule has 1 aliphatic rings. The van der Waals surface area contributed by atoms with Crippen LogP contribution in [0.25, 0.3) is 21.9 Å². The van der Waals surface area contributed by atoms with E-state index < -0.39 is 23.0 Å². The number of rotatable bonds is 1. The molecule has 0 spiro atoms. The van der Waals surface area contributed by atoms with E-state index in [0.717, 1.165) is 0 Å². The second-order valence-corrected chi connectivity index (χ2v) is 7.83. The summed E-state index contributed by atoms with van der Waals surface area (Å²) in [6.45, 7) is 0. The van der Waals surface area contributed by atoms with Crippen LogP contribution in [-0.4, -0.2) is 0 Å². The Morgan fingerprint density at radius 2 is 1.22 bits per heavy atom. The minimum Gasteiger partial charge on any atom is -0.455 e. The largest absolute Gasteiger partial charge is 0.455 e. The van der Waals surface area contributed by atoms with Crippen molar-refractivity contribution in [2.24, 2.45) is 0 Å². The number of benzene rings is 3. The quantitative estimate of drug-likeness (QED) is 0.291. The van der Waals surface area contributed by atoms with E-state index in [1.54, 1.807) is 48.5 Å².